The molecular formula is C8H4Cl2N2OS. The van der Waals surface area contributed by atoms with Gasteiger partial charge in [-0.1, -0.05) is 29.0 Å². The van der Waals surface area contributed by atoms with Crippen LogP contribution in [-0.2, 0) is 0 Å². The van der Waals surface area contributed by atoms with Gasteiger partial charge in [-0.2, -0.15) is 0 Å². The number of halogens is 2. The lowest BCUT2D eigenvalue weighted by molar-refractivity contribution is 0.269. The first kappa shape index (κ1) is 9.71. The molecule has 1 amide bonds. The molecule has 0 bridgehead atoms. The average molecular weight is 247 g/mol. The topological polar surface area (TPSA) is 42.0 Å². The van der Waals surface area contributed by atoms with E-state index in [0.29, 0.717) is 15.7 Å². The predicted molar refractivity (Wildman–Crippen MR) is 59.5 cm³/mol. The van der Waals surface area contributed by atoms with E-state index in [1.807, 2.05) is 12.1 Å². The zero-order chi connectivity index (χ0) is 10.1. The third kappa shape index (κ3) is 1.82. The minimum Gasteiger partial charge on any atom is -0.288 e. The molecule has 0 radical (unpaired) electrons. The molecule has 72 valence electrons. The highest BCUT2D eigenvalue weighted by Gasteiger charge is 2.07. The lowest BCUT2D eigenvalue weighted by Crippen LogP contribution is -1.99. The Bertz CT molecular complexity index is 497. The molecule has 0 aliphatic heterocycles. The number of rotatable bonds is 1. The molecule has 0 unspecified atom stereocenters. The van der Waals surface area contributed by atoms with Crippen LogP contribution < -0.4 is 5.32 Å². The molecule has 1 aromatic carbocycles. The summed E-state index contributed by atoms with van der Waals surface area (Å²) in [6.07, 6.45) is 0. The Labute approximate surface area is 93.7 Å². The number of benzene rings is 1. The van der Waals surface area contributed by atoms with Gasteiger partial charge >= 0.3 is 5.37 Å². The Morgan fingerprint density at radius 2 is 2.29 bits per heavy atom. The fourth-order valence-corrected chi connectivity index (χ4v) is 2.36. The number of hydrogen-bond donors (Lipinski definition) is 1. The molecule has 0 aliphatic rings. The maximum Gasteiger partial charge on any atom is 0.319 e. The largest absolute Gasteiger partial charge is 0.319 e. The molecule has 2 aromatic rings. The molecule has 1 aromatic heterocycles. The van der Waals surface area contributed by atoms with Crippen LogP contribution in [0.3, 0.4) is 0 Å². The zero-order valence-electron chi connectivity index (χ0n) is 6.75. The third-order valence-electron chi connectivity index (χ3n) is 1.57. The molecule has 3 nitrogen and oxygen atoms in total. The molecule has 0 aliphatic carbocycles. The van der Waals surface area contributed by atoms with Gasteiger partial charge in [-0.3, -0.25) is 10.1 Å². The highest BCUT2D eigenvalue weighted by Crippen LogP contribution is 2.30. The van der Waals surface area contributed by atoms with Crippen molar-refractivity contribution in [1.82, 2.24) is 4.98 Å². The molecule has 0 atom stereocenters. The SMILES string of the molecule is O=C(Cl)Nc1nc2c(Cl)cccc2s1. The van der Waals surface area contributed by atoms with E-state index in [4.69, 9.17) is 23.2 Å². The van der Waals surface area contributed by atoms with Crippen LogP contribution in [0.2, 0.25) is 5.02 Å². The maximum absolute atomic E-state index is 10.6. The van der Waals surface area contributed by atoms with Crippen molar-refractivity contribution in [2.24, 2.45) is 0 Å². The molecule has 14 heavy (non-hydrogen) atoms. The van der Waals surface area contributed by atoms with E-state index in [9.17, 15) is 4.79 Å². The number of nitrogens with zero attached hydrogens (tertiary/aromatic N) is 1. The van der Waals surface area contributed by atoms with Gasteiger partial charge in [-0.15, -0.1) is 0 Å². The second-order valence-corrected chi connectivity index (χ2v) is 4.29. The lowest BCUT2D eigenvalue weighted by atomic mass is 10.3. The van der Waals surface area contributed by atoms with Gasteiger partial charge in [0.05, 0.1) is 9.72 Å². The van der Waals surface area contributed by atoms with Gasteiger partial charge in [-0.05, 0) is 23.7 Å². The summed E-state index contributed by atoms with van der Waals surface area (Å²) in [6.45, 7) is 0. The van der Waals surface area contributed by atoms with E-state index in [1.165, 1.54) is 11.3 Å². The number of hydrogen-bond acceptors (Lipinski definition) is 3. The van der Waals surface area contributed by atoms with Crippen LogP contribution in [0.4, 0.5) is 9.93 Å². The van der Waals surface area contributed by atoms with Gasteiger partial charge in [0, 0.05) is 0 Å². The summed E-state index contributed by atoms with van der Waals surface area (Å²) in [6, 6.07) is 5.45. The number of amides is 1. The van der Waals surface area contributed by atoms with E-state index >= 15 is 0 Å². The Balaban J connectivity index is 2.51. The normalized spacial score (nSPS) is 10.4. The van der Waals surface area contributed by atoms with Crippen LogP contribution in [0.25, 0.3) is 10.2 Å². The van der Waals surface area contributed by atoms with E-state index in [-0.39, 0.29) is 0 Å². The number of aromatic nitrogens is 1. The van der Waals surface area contributed by atoms with E-state index in [0.717, 1.165) is 4.70 Å². The van der Waals surface area contributed by atoms with Gasteiger partial charge in [0.15, 0.2) is 5.13 Å². The molecular weight excluding hydrogens is 243 g/mol. The van der Waals surface area contributed by atoms with Crippen molar-refractivity contribution in [1.29, 1.82) is 0 Å². The van der Waals surface area contributed by atoms with Crippen LogP contribution in [0.1, 0.15) is 0 Å². The molecule has 0 saturated carbocycles. The van der Waals surface area contributed by atoms with Crippen molar-refractivity contribution in [2.75, 3.05) is 5.32 Å². The monoisotopic (exact) mass is 246 g/mol. The molecule has 1 N–H and O–H groups in total. The van der Waals surface area contributed by atoms with Gasteiger partial charge < -0.3 is 0 Å². The number of carbonyl (C=O) groups is 1. The molecule has 2 rings (SSSR count). The number of nitrogens with one attached hydrogen (secondary N) is 1. The van der Waals surface area contributed by atoms with Crippen LogP contribution in [0.15, 0.2) is 18.2 Å². The summed E-state index contributed by atoms with van der Waals surface area (Å²) < 4.78 is 0.915. The first-order valence-electron chi connectivity index (χ1n) is 3.68. The first-order chi connectivity index (χ1) is 6.66. The van der Waals surface area contributed by atoms with E-state index < -0.39 is 5.37 Å². The summed E-state index contributed by atoms with van der Waals surface area (Å²) in [5.41, 5.74) is 0.680. The standard InChI is InChI=1S/C8H4Cl2N2OS/c9-4-2-1-3-5-6(4)11-8(14-5)12-7(10)13/h1-3H,(H,11,12,13). The molecule has 1 heterocycles. The van der Waals surface area contributed by atoms with Crippen LogP contribution in [-0.4, -0.2) is 10.4 Å². The fraction of sp³-hybridized carbons (Fsp3) is 0. The van der Waals surface area contributed by atoms with Crippen molar-refractivity contribution < 1.29 is 4.79 Å². The van der Waals surface area contributed by atoms with Crippen molar-refractivity contribution in [3.63, 3.8) is 0 Å². The molecule has 0 saturated heterocycles. The molecule has 0 fully saturated rings. The number of fused-ring (bicyclic) bond motifs is 1. The van der Waals surface area contributed by atoms with Gasteiger partial charge in [0.2, 0.25) is 0 Å². The number of para-hydroxylation sites is 1. The van der Waals surface area contributed by atoms with Crippen molar-refractivity contribution in [3.8, 4) is 0 Å². The fourth-order valence-electron chi connectivity index (χ4n) is 1.05. The Kier molecular flexibility index (Phi) is 2.58. The summed E-state index contributed by atoms with van der Waals surface area (Å²) in [5.74, 6) is 0. The van der Waals surface area contributed by atoms with E-state index in [1.54, 1.807) is 6.07 Å². The highest BCUT2D eigenvalue weighted by molar-refractivity contribution is 7.22. The minimum atomic E-state index is -0.653. The van der Waals surface area contributed by atoms with Crippen LogP contribution in [0, 0.1) is 0 Å². The number of carbonyl (C=O) groups excluding carboxylic acids is 1. The number of anilines is 1. The van der Waals surface area contributed by atoms with Gasteiger partial charge in [-0.25, -0.2) is 4.98 Å². The second kappa shape index (κ2) is 3.73. The Morgan fingerprint density at radius 1 is 1.50 bits per heavy atom. The van der Waals surface area contributed by atoms with E-state index in [2.05, 4.69) is 10.3 Å². The summed E-state index contributed by atoms with van der Waals surface area (Å²) in [4.78, 5) is 14.7. The quantitative estimate of drug-likeness (QED) is 0.616. The van der Waals surface area contributed by atoms with Gasteiger partial charge in [0.1, 0.15) is 5.52 Å². The van der Waals surface area contributed by atoms with Crippen LogP contribution >= 0.6 is 34.5 Å². The minimum absolute atomic E-state index is 0.452. The Morgan fingerprint density at radius 3 is 2.93 bits per heavy atom. The Hall–Kier alpha value is -0.840. The van der Waals surface area contributed by atoms with Crippen molar-refractivity contribution >= 4 is 55.3 Å². The smallest absolute Gasteiger partial charge is 0.288 e. The average Bonchev–Trinajstić information content (AvgIpc) is 2.47. The first-order valence-corrected chi connectivity index (χ1v) is 5.25. The van der Waals surface area contributed by atoms with Crippen molar-refractivity contribution in [3.05, 3.63) is 23.2 Å². The second-order valence-electron chi connectivity index (χ2n) is 2.50. The molecule has 6 heteroatoms. The lowest BCUT2D eigenvalue weighted by Gasteiger charge is -1.90. The highest BCUT2D eigenvalue weighted by atomic mass is 35.5. The summed E-state index contributed by atoms with van der Waals surface area (Å²) >= 11 is 12.4. The third-order valence-corrected chi connectivity index (χ3v) is 2.91. The maximum atomic E-state index is 10.6. The molecule has 0 spiro atoms. The summed E-state index contributed by atoms with van der Waals surface area (Å²) in [7, 11) is 0. The van der Waals surface area contributed by atoms with Crippen molar-refractivity contribution in [2.45, 2.75) is 0 Å². The zero-order valence-corrected chi connectivity index (χ0v) is 9.08. The summed E-state index contributed by atoms with van der Waals surface area (Å²) in [5, 5.41) is 2.76. The van der Waals surface area contributed by atoms with Gasteiger partial charge in [0.25, 0.3) is 0 Å². The number of thiazole rings is 1. The predicted octanol–water partition coefficient (Wildman–Crippen LogP) is 3.72. The van der Waals surface area contributed by atoms with Crippen LogP contribution in [0.5, 0.6) is 0 Å².